The largest absolute Gasteiger partial charge is 0.385 e. The number of hydrogen-bond acceptors (Lipinski definition) is 3. The number of guanidine groups is 1. The number of nitrogens with one attached hydrogen (secondary N) is 1. The molecule has 0 spiro atoms. The summed E-state index contributed by atoms with van der Waals surface area (Å²) >= 11 is 0. The van der Waals surface area contributed by atoms with Gasteiger partial charge in [0.1, 0.15) is 0 Å². The fourth-order valence-corrected chi connectivity index (χ4v) is 2.99. The molecule has 128 valence electrons. The third-order valence-electron chi connectivity index (χ3n) is 4.52. The van der Waals surface area contributed by atoms with E-state index in [4.69, 9.17) is 4.74 Å². The van der Waals surface area contributed by atoms with Crippen molar-refractivity contribution in [2.45, 2.75) is 20.3 Å². The first kappa shape index (κ1) is 17.6. The molecule has 1 aromatic rings. The van der Waals surface area contributed by atoms with Gasteiger partial charge in [-0.15, -0.1) is 0 Å². The van der Waals surface area contributed by atoms with Crippen LogP contribution in [0.1, 0.15) is 17.5 Å². The van der Waals surface area contributed by atoms with Gasteiger partial charge in [0.2, 0.25) is 0 Å². The fraction of sp³-hybridized carbons (Fsp3) is 0.611. The van der Waals surface area contributed by atoms with Gasteiger partial charge in [-0.1, -0.05) is 12.1 Å². The van der Waals surface area contributed by atoms with Gasteiger partial charge in [0.15, 0.2) is 5.96 Å². The molecule has 0 atom stereocenters. The zero-order chi connectivity index (χ0) is 16.7. The first-order valence-corrected chi connectivity index (χ1v) is 8.43. The number of rotatable bonds is 5. The van der Waals surface area contributed by atoms with Crippen LogP contribution < -0.4 is 10.2 Å². The number of aryl methyl sites for hydroxylation is 1. The van der Waals surface area contributed by atoms with Crippen LogP contribution in [0.15, 0.2) is 23.2 Å². The van der Waals surface area contributed by atoms with Crippen LogP contribution in [0.5, 0.6) is 0 Å². The third-order valence-corrected chi connectivity index (χ3v) is 4.52. The number of nitrogens with zero attached hydrogens (tertiary/aromatic N) is 3. The second-order valence-electron chi connectivity index (χ2n) is 6.01. The molecule has 0 amide bonds. The van der Waals surface area contributed by atoms with E-state index in [1.165, 1.54) is 16.8 Å². The minimum atomic E-state index is 0.782. The number of methoxy groups -OCH3 is 1. The highest BCUT2D eigenvalue weighted by Crippen LogP contribution is 2.23. The van der Waals surface area contributed by atoms with Crippen molar-refractivity contribution in [1.82, 2.24) is 10.2 Å². The lowest BCUT2D eigenvalue weighted by Crippen LogP contribution is -2.52. The van der Waals surface area contributed by atoms with Gasteiger partial charge < -0.3 is 19.9 Å². The quantitative estimate of drug-likeness (QED) is 0.512. The maximum absolute atomic E-state index is 5.09. The molecule has 0 aromatic heterocycles. The Balaban J connectivity index is 1.88. The summed E-state index contributed by atoms with van der Waals surface area (Å²) in [4.78, 5) is 9.24. The molecule has 1 aliphatic rings. The first-order chi connectivity index (χ1) is 11.2. The average molecular weight is 318 g/mol. The van der Waals surface area contributed by atoms with Gasteiger partial charge in [0.25, 0.3) is 0 Å². The lowest BCUT2D eigenvalue weighted by molar-refractivity contribution is 0.195. The van der Waals surface area contributed by atoms with Gasteiger partial charge in [-0.25, -0.2) is 0 Å². The number of piperazine rings is 1. The minimum absolute atomic E-state index is 0.782. The predicted octanol–water partition coefficient (Wildman–Crippen LogP) is 2.04. The van der Waals surface area contributed by atoms with Crippen LogP contribution in [0.25, 0.3) is 0 Å². The van der Waals surface area contributed by atoms with Crippen molar-refractivity contribution in [3.8, 4) is 0 Å². The van der Waals surface area contributed by atoms with Crippen molar-refractivity contribution in [1.29, 1.82) is 0 Å². The Bertz CT molecular complexity index is 522. The van der Waals surface area contributed by atoms with Gasteiger partial charge in [-0.3, -0.25) is 4.99 Å². The fourth-order valence-electron chi connectivity index (χ4n) is 2.99. The summed E-state index contributed by atoms with van der Waals surface area (Å²) in [7, 11) is 3.59. The average Bonchev–Trinajstić information content (AvgIpc) is 2.58. The Morgan fingerprint density at radius 1 is 1.22 bits per heavy atom. The van der Waals surface area contributed by atoms with Crippen LogP contribution in [-0.2, 0) is 4.74 Å². The molecular weight excluding hydrogens is 288 g/mol. The van der Waals surface area contributed by atoms with Crippen LogP contribution in [0.3, 0.4) is 0 Å². The standard InChI is InChI=1S/C18H30N4O/c1-15-7-5-8-17(16(15)2)21-10-12-22(13-11-21)18(19-3)20-9-6-14-23-4/h5,7-8H,6,9-14H2,1-4H3,(H,19,20). The summed E-state index contributed by atoms with van der Waals surface area (Å²) < 4.78 is 5.09. The Hall–Kier alpha value is -1.75. The van der Waals surface area contributed by atoms with E-state index in [2.05, 4.69) is 52.2 Å². The Kier molecular flexibility index (Phi) is 6.71. The zero-order valence-electron chi connectivity index (χ0n) is 14.9. The molecule has 0 bridgehead atoms. The van der Waals surface area contributed by atoms with Crippen LogP contribution in [0.4, 0.5) is 5.69 Å². The van der Waals surface area contributed by atoms with E-state index < -0.39 is 0 Å². The molecule has 0 unspecified atom stereocenters. The molecule has 1 aliphatic heterocycles. The summed E-state index contributed by atoms with van der Waals surface area (Å²) in [6.07, 6.45) is 0.998. The summed E-state index contributed by atoms with van der Waals surface area (Å²) in [5.74, 6) is 1.00. The number of benzene rings is 1. The van der Waals surface area contributed by atoms with Crippen LogP contribution >= 0.6 is 0 Å². The summed E-state index contributed by atoms with van der Waals surface area (Å²) in [5, 5.41) is 3.43. The highest BCUT2D eigenvalue weighted by Gasteiger charge is 2.20. The van der Waals surface area contributed by atoms with Crippen molar-refractivity contribution in [3.63, 3.8) is 0 Å². The van der Waals surface area contributed by atoms with Crippen LogP contribution in [0.2, 0.25) is 0 Å². The van der Waals surface area contributed by atoms with Gasteiger partial charge in [-0.2, -0.15) is 0 Å². The van der Waals surface area contributed by atoms with Crippen molar-refractivity contribution in [2.75, 3.05) is 58.4 Å². The summed E-state index contributed by atoms with van der Waals surface area (Å²) in [6.45, 7) is 10.1. The highest BCUT2D eigenvalue weighted by atomic mass is 16.5. The molecule has 1 aromatic carbocycles. The Morgan fingerprint density at radius 2 is 1.96 bits per heavy atom. The smallest absolute Gasteiger partial charge is 0.193 e. The van der Waals surface area contributed by atoms with Gasteiger partial charge in [0.05, 0.1) is 0 Å². The van der Waals surface area contributed by atoms with E-state index >= 15 is 0 Å². The van der Waals surface area contributed by atoms with Gasteiger partial charge in [-0.05, 0) is 37.5 Å². The lowest BCUT2D eigenvalue weighted by atomic mass is 10.1. The second kappa shape index (κ2) is 8.77. The van der Waals surface area contributed by atoms with Crippen molar-refractivity contribution in [3.05, 3.63) is 29.3 Å². The van der Waals surface area contributed by atoms with E-state index in [1.54, 1.807) is 7.11 Å². The van der Waals surface area contributed by atoms with E-state index in [1.807, 2.05) is 7.05 Å². The molecule has 0 saturated carbocycles. The zero-order valence-corrected chi connectivity index (χ0v) is 14.9. The summed E-state index contributed by atoms with van der Waals surface area (Å²) in [6, 6.07) is 6.57. The maximum Gasteiger partial charge on any atom is 0.193 e. The molecule has 1 fully saturated rings. The SMILES string of the molecule is CN=C(NCCCOC)N1CCN(c2cccc(C)c2C)CC1. The number of anilines is 1. The maximum atomic E-state index is 5.09. The Morgan fingerprint density at radius 3 is 2.61 bits per heavy atom. The summed E-state index contributed by atoms with van der Waals surface area (Å²) in [5.41, 5.74) is 4.12. The van der Waals surface area contributed by atoms with Crippen LogP contribution in [-0.4, -0.2) is 64.3 Å². The number of aliphatic imine (C=N–C) groups is 1. The molecular formula is C18H30N4O. The Labute approximate surface area is 140 Å². The molecule has 23 heavy (non-hydrogen) atoms. The first-order valence-electron chi connectivity index (χ1n) is 8.43. The van der Waals surface area contributed by atoms with Crippen molar-refractivity contribution in [2.24, 2.45) is 4.99 Å². The molecule has 1 saturated heterocycles. The molecule has 5 nitrogen and oxygen atoms in total. The van der Waals surface area contributed by atoms with E-state index in [0.717, 1.165) is 51.7 Å². The molecule has 0 radical (unpaired) electrons. The predicted molar refractivity (Wildman–Crippen MR) is 97.6 cm³/mol. The van der Waals surface area contributed by atoms with E-state index in [9.17, 15) is 0 Å². The van der Waals surface area contributed by atoms with Crippen molar-refractivity contribution >= 4 is 11.6 Å². The molecule has 2 rings (SSSR count). The highest BCUT2D eigenvalue weighted by molar-refractivity contribution is 5.80. The van der Waals surface area contributed by atoms with Gasteiger partial charge >= 0.3 is 0 Å². The lowest BCUT2D eigenvalue weighted by Gasteiger charge is -2.38. The van der Waals surface area contributed by atoms with Crippen molar-refractivity contribution < 1.29 is 4.74 Å². The minimum Gasteiger partial charge on any atom is -0.385 e. The normalized spacial score (nSPS) is 15.9. The van der Waals surface area contributed by atoms with Gasteiger partial charge in [0, 0.05) is 59.2 Å². The number of hydrogen-bond donors (Lipinski definition) is 1. The molecule has 1 N–H and O–H groups in total. The topological polar surface area (TPSA) is 40.1 Å². The van der Waals surface area contributed by atoms with Crippen LogP contribution in [0, 0.1) is 13.8 Å². The third kappa shape index (κ3) is 4.61. The monoisotopic (exact) mass is 318 g/mol. The molecule has 1 heterocycles. The second-order valence-corrected chi connectivity index (χ2v) is 6.01. The molecule has 0 aliphatic carbocycles. The number of ether oxygens (including phenoxy) is 1. The van der Waals surface area contributed by atoms with E-state index in [-0.39, 0.29) is 0 Å². The molecule has 5 heteroatoms. The van der Waals surface area contributed by atoms with E-state index in [0.29, 0.717) is 0 Å².